The van der Waals surface area contributed by atoms with Gasteiger partial charge in [0.25, 0.3) is 0 Å². The van der Waals surface area contributed by atoms with E-state index in [1.807, 2.05) is 6.08 Å². The standard InChI is InChI=1S/C6H11NOS3/c1-11(8)5-3-2-4-7-6(9)10/h3,5H,2,4H2,1H3,(H2,7,9,10)/b5-3+. The molecule has 64 valence electrons. The highest BCUT2D eigenvalue weighted by Crippen LogP contribution is 1.85. The minimum Gasteiger partial charge on any atom is -0.371 e. The normalized spacial score (nSPS) is 13.3. The molecule has 0 saturated heterocycles. The second-order valence-electron chi connectivity index (χ2n) is 1.89. The van der Waals surface area contributed by atoms with E-state index in [0.717, 1.165) is 13.0 Å². The summed E-state index contributed by atoms with van der Waals surface area (Å²) in [5, 5.41) is 4.52. The lowest BCUT2D eigenvalue weighted by Gasteiger charge is -1.97. The zero-order valence-electron chi connectivity index (χ0n) is 6.24. The van der Waals surface area contributed by atoms with Crippen molar-refractivity contribution in [1.82, 2.24) is 5.32 Å². The first-order valence-electron chi connectivity index (χ1n) is 3.08. The van der Waals surface area contributed by atoms with Gasteiger partial charge in [0.15, 0.2) is 0 Å². The Bertz CT molecular complexity index is 179. The van der Waals surface area contributed by atoms with Gasteiger partial charge in [-0.15, -0.1) is 12.6 Å². The maximum absolute atomic E-state index is 10.5. The molecule has 0 saturated carbocycles. The van der Waals surface area contributed by atoms with Crippen molar-refractivity contribution in [3.63, 3.8) is 0 Å². The Morgan fingerprint density at radius 1 is 1.82 bits per heavy atom. The molecule has 0 aliphatic heterocycles. The molecule has 0 amide bonds. The van der Waals surface area contributed by atoms with Gasteiger partial charge in [0, 0.05) is 23.6 Å². The largest absolute Gasteiger partial charge is 0.371 e. The molecule has 2 nitrogen and oxygen atoms in total. The van der Waals surface area contributed by atoms with Crippen LogP contribution < -0.4 is 5.32 Å². The fourth-order valence-corrected chi connectivity index (χ4v) is 1.09. The molecule has 11 heavy (non-hydrogen) atoms. The van der Waals surface area contributed by atoms with E-state index in [0.29, 0.717) is 4.32 Å². The third kappa shape index (κ3) is 10.1. The van der Waals surface area contributed by atoms with Crippen molar-refractivity contribution in [3.05, 3.63) is 11.5 Å². The molecule has 0 radical (unpaired) electrons. The summed E-state index contributed by atoms with van der Waals surface area (Å²) in [6.45, 7) is 0.746. The molecule has 0 aromatic carbocycles. The Balaban J connectivity index is 3.27. The van der Waals surface area contributed by atoms with Gasteiger partial charge in [0.1, 0.15) is 4.32 Å². The van der Waals surface area contributed by atoms with E-state index in [4.69, 9.17) is 0 Å². The molecular formula is C6H11NOS3. The molecule has 0 aromatic rings. The topological polar surface area (TPSA) is 29.1 Å². The van der Waals surface area contributed by atoms with E-state index in [1.165, 1.54) is 0 Å². The average Bonchev–Trinajstić information content (AvgIpc) is 1.85. The zero-order valence-corrected chi connectivity index (χ0v) is 8.77. The lowest BCUT2D eigenvalue weighted by atomic mass is 10.4. The van der Waals surface area contributed by atoms with E-state index in [-0.39, 0.29) is 0 Å². The van der Waals surface area contributed by atoms with Crippen LogP contribution in [0.25, 0.3) is 0 Å². The Morgan fingerprint density at radius 3 is 2.91 bits per heavy atom. The fourth-order valence-electron chi connectivity index (χ4n) is 0.466. The van der Waals surface area contributed by atoms with Crippen molar-refractivity contribution in [2.24, 2.45) is 0 Å². The number of nitrogens with one attached hydrogen (secondary N) is 1. The SMILES string of the molecule is CS(=O)/C=C/CCNC(=S)S. The third-order valence-corrected chi connectivity index (χ3v) is 1.75. The first-order chi connectivity index (χ1) is 5.13. The number of rotatable bonds is 4. The van der Waals surface area contributed by atoms with Gasteiger partial charge in [-0.3, -0.25) is 4.21 Å². The first-order valence-corrected chi connectivity index (χ1v) is 5.56. The van der Waals surface area contributed by atoms with Crippen LogP contribution in [0.5, 0.6) is 0 Å². The van der Waals surface area contributed by atoms with E-state index >= 15 is 0 Å². The van der Waals surface area contributed by atoms with Crippen molar-refractivity contribution >= 4 is 40.0 Å². The molecule has 1 atom stereocenters. The van der Waals surface area contributed by atoms with Gasteiger partial charge in [-0.05, 0) is 11.8 Å². The third-order valence-electron chi connectivity index (χ3n) is 0.875. The predicted molar refractivity (Wildman–Crippen MR) is 57.4 cm³/mol. The van der Waals surface area contributed by atoms with E-state index in [2.05, 4.69) is 30.2 Å². The number of hydrogen-bond donors (Lipinski definition) is 2. The molecule has 0 aliphatic rings. The summed E-state index contributed by atoms with van der Waals surface area (Å²) in [6, 6.07) is 0. The van der Waals surface area contributed by atoms with E-state index in [9.17, 15) is 4.21 Å². The zero-order chi connectivity index (χ0) is 8.69. The van der Waals surface area contributed by atoms with Crippen molar-refractivity contribution < 1.29 is 4.21 Å². The van der Waals surface area contributed by atoms with Crippen LogP contribution in [-0.2, 0) is 10.8 Å². The van der Waals surface area contributed by atoms with Gasteiger partial charge >= 0.3 is 0 Å². The average molecular weight is 209 g/mol. The lowest BCUT2D eigenvalue weighted by Crippen LogP contribution is -2.16. The minimum atomic E-state index is -0.840. The van der Waals surface area contributed by atoms with Crippen molar-refractivity contribution in [3.8, 4) is 0 Å². The van der Waals surface area contributed by atoms with Crippen LogP contribution in [0.4, 0.5) is 0 Å². The Kier molecular flexibility index (Phi) is 6.90. The summed E-state index contributed by atoms with van der Waals surface area (Å²) in [6.07, 6.45) is 4.31. The monoisotopic (exact) mass is 209 g/mol. The highest BCUT2D eigenvalue weighted by Gasteiger charge is 1.84. The molecule has 0 spiro atoms. The summed E-state index contributed by atoms with van der Waals surface area (Å²) in [5.74, 6) is 0. The Hall–Kier alpha value is 0.130. The molecule has 5 heteroatoms. The Labute approximate surface area is 80.3 Å². The maximum atomic E-state index is 10.5. The second-order valence-corrected chi connectivity index (χ2v) is 4.32. The van der Waals surface area contributed by atoms with Gasteiger partial charge in [-0.25, -0.2) is 0 Å². The quantitative estimate of drug-likeness (QED) is 0.412. The highest BCUT2D eigenvalue weighted by molar-refractivity contribution is 8.11. The predicted octanol–water partition coefficient (Wildman–Crippen LogP) is 1.07. The van der Waals surface area contributed by atoms with Crippen molar-refractivity contribution in [2.45, 2.75) is 6.42 Å². The van der Waals surface area contributed by atoms with Crippen LogP contribution in [0.1, 0.15) is 6.42 Å². The molecule has 1 N–H and O–H groups in total. The van der Waals surface area contributed by atoms with E-state index < -0.39 is 10.8 Å². The molecular weight excluding hydrogens is 198 g/mol. The van der Waals surface area contributed by atoms with Crippen LogP contribution in [-0.4, -0.2) is 21.3 Å². The minimum absolute atomic E-state index is 0.496. The van der Waals surface area contributed by atoms with Crippen LogP contribution in [0.3, 0.4) is 0 Å². The fraction of sp³-hybridized carbons (Fsp3) is 0.500. The molecule has 0 aliphatic carbocycles. The number of hydrogen-bond acceptors (Lipinski definition) is 2. The molecule has 0 bridgehead atoms. The molecule has 0 aromatic heterocycles. The summed E-state index contributed by atoms with van der Waals surface area (Å²) in [7, 11) is -0.840. The number of thiocarbonyl (C=S) groups is 1. The van der Waals surface area contributed by atoms with Crippen LogP contribution in [0.2, 0.25) is 0 Å². The van der Waals surface area contributed by atoms with Crippen LogP contribution in [0.15, 0.2) is 11.5 Å². The maximum Gasteiger partial charge on any atom is 0.130 e. The highest BCUT2D eigenvalue weighted by atomic mass is 32.2. The molecule has 0 heterocycles. The van der Waals surface area contributed by atoms with Crippen molar-refractivity contribution in [2.75, 3.05) is 12.8 Å². The van der Waals surface area contributed by atoms with Gasteiger partial charge in [-0.1, -0.05) is 18.3 Å². The Morgan fingerprint density at radius 2 is 2.45 bits per heavy atom. The summed E-state index contributed by atoms with van der Waals surface area (Å²) in [4.78, 5) is 0. The van der Waals surface area contributed by atoms with Crippen molar-refractivity contribution in [1.29, 1.82) is 0 Å². The summed E-state index contributed by atoms with van der Waals surface area (Å²) >= 11 is 8.54. The molecule has 0 fully saturated rings. The first kappa shape index (κ1) is 11.1. The number of thiol groups is 1. The summed E-state index contributed by atoms with van der Waals surface area (Å²) in [5.41, 5.74) is 0. The van der Waals surface area contributed by atoms with Gasteiger partial charge in [0.2, 0.25) is 0 Å². The van der Waals surface area contributed by atoms with Gasteiger partial charge in [-0.2, -0.15) is 0 Å². The molecule has 1 unspecified atom stereocenters. The lowest BCUT2D eigenvalue weighted by molar-refractivity contribution is 0.691. The van der Waals surface area contributed by atoms with Gasteiger partial charge < -0.3 is 5.32 Å². The smallest absolute Gasteiger partial charge is 0.130 e. The second kappa shape index (κ2) is 6.82. The van der Waals surface area contributed by atoms with Gasteiger partial charge in [0.05, 0.1) is 0 Å². The molecule has 0 rings (SSSR count). The van der Waals surface area contributed by atoms with Crippen LogP contribution in [0, 0.1) is 0 Å². The van der Waals surface area contributed by atoms with E-state index in [1.54, 1.807) is 11.7 Å². The van der Waals surface area contributed by atoms with Crippen LogP contribution >= 0.6 is 24.8 Å². The summed E-state index contributed by atoms with van der Waals surface area (Å²) < 4.78 is 11.0.